The van der Waals surface area contributed by atoms with Crippen molar-refractivity contribution in [3.05, 3.63) is 66.2 Å². The number of halogens is 1. The van der Waals surface area contributed by atoms with E-state index in [1.54, 1.807) is 6.07 Å². The van der Waals surface area contributed by atoms with E-state index in [0.717, 1.165) is 45.7 Å². The molecule has 3 heterocycles. The number of aromatic nitrogens is 2. The normalized spacial score (nSPS) is 13.1. The number of nitriles is 1. The summed E-state index contributed by atoms with van der Waals surface area (Å²) in [7, 11) is 4.00. The van der Waals surface area contributed by atoms with Gasteiger partial charge in [0.05, 0.1) is 35.2 Å². The van der Waals surface area contributed by atoms with Crippen LogP contribution < -0.4 is 9.64 Å². The topological polar surface area (TPSA) is 54.1 Å². The molecule has 0 spiro atoms. The summed E-state index contributed by atoms with van der Waals surface area (Å²) < 4.78 is 22.3. The van der Waals surface area contributed by atoms with Crippen molar-refractivity contribution in [3.8, 4) is 34.2 Å². The molecule has 6 heteroatoms. The molecule has 5 rings (SSSR count). The first-order valence-corrected chi connectivity index (χ1v) is 9.69. The van der Waals surface area contributed by atoms with Crippen molar-refractivity contribution in [2.75, 3.05) is 25.1 Å². The molecule has 2 aromatic carbocycles. The summed E-state index contributed by atoms with van der Waals surface area (Å²) >= 11 is 0. The maximum Gasteiger partial charge on any atom is 0.143 e. The Labute approximate surface area is 173 Å². The summed E-state index contributed by atoms with van der Waals surface area (Å²) in [4.78, 5) is 6.91. The van der Waals surface area contributed by atoms with E-state index in [0.29, 0.717) is 12.2 Å². The highest BCUT2D eigenvalue weighted by Gasteiger charge is 2.20. The lowest BCUT2D eigenvalue weighted by Crippen LogP contribution is -2.28. The second-order valence-electron chi connectivity index (χ2n) is 7.47. The Hall–Kier alpha value is -3.85. The molecule has 0 aliphatic carbocycles. The molecule has 0 saturated carbocycles. The van der Waals surface area contributed by atoms with Gasteiger partial charge in [-0.3, -0.25) is 4.98 Å². The second kappa shape index (κ2) is 6.89. The van der Waals surface area contributed by atoms with Crippen LogP contribution in [0.5, 0.6) is 5.75 Å². The highest BCUT2D eigenvalue weighted by molar-refractivity contribution is 6.01. The minimum absolute atomic E-state index is 0.0266. The quantitative estimate of drug-likeness (QED) is 0.489. The van der Waals surface area contributed by atoms with Gasteiger partial charge in [0.15, 0.2) is 0 Å². The van der Waals surface area contributed by atoms with Crippen LogP contribution in [-0.2, 0) is 7.05 Å². The number of aryl methyl sites for hydroxylation is 1. The van der Waals surface area contributed by atoms with Crippen LogP contribution in [0.15, 0.2) is 54.9 Å². The van der Waals surface area contributed by atoms with Crippen LogP contribution >= 0.6 is 0 Å². The summed E-state index contributed by atoms with van der Waals surface area (Å²) in [5.41, 5.74) is 5.18. The van der Waals surface area contributed by atoms with Gasteiger partial charge < -0.3 is 14.2 Å². The second-order valence-corrected chi connectivity index (χ2v) is 7.47. The molecule has 0 atom stereocenters. The minimum atomic E-state index is -0.538. The Kier molecular flexibility index (Phi) is 4.18. The lowest BCUT2D eigenvalue weighted by Gasteiger charge is -2.28. The van der Waals surface area contributed by atoms with E-state index in [1.807, 2.05) is 61.4 Å². The van der Waals surface area contributed by atoms with Crippen LogP contribution in [0.25, 0.3) is 33.3 Å². The van der Waals surface area contributed by atoms with Crippen molar-refractivity contribution < 1.29 is 9.13 Å². The Bertz CT molecular complexity index is 1340. The maximum absolute atomic E-state index is 14.5. The number of rotatable bonds is 2. The predicted octanol–water partition coefficient (Wildman–Crippen LogP) is 4.75. The molecular weight excluding hydrogens is 379 g/mol. The van der Waals surface area contributed by atoms with Gasteiger partial charge in [0.1, 0.15) is 24.2 Å². The number of nitrogens with zero attached hydrogens (tertiary/aromatic N) is 4. The Balaban J connectivity index is 1.77. The molecule has 0 N–H and O–H groups in total. The summed E-state index contributed by atoms with van der Waals surface area (Å²) in [6.07, 6.45) is 3.80. The van der Waals surface area contributed by atoms with Crippen molar-refractivity contribution >= 4 is 16.6 Å². The van der Waals surface area contributed by atoms with Crippen LogP contribution in [0.3, 0.4) is 0 Å². The van der Waals surface area contributed by atoms with Crippen molar-refractivity contribution in [1.29, 1.82) is 5.26 Å². The monoisotopic (exact) mass is 398 g/mol. The van der Waals surface area contributed by atoms with E-state index in [4.69, 9.17) is 15.0 Å². The predicted molar refractivity (Wildman–Crippen MR) is 115 cm³/mol. The lowest BCUT2D eigenvalue weighted by atomic mass is 9.95. The van der Waals surface area contributed by atoms with Gasteiger partial charge >= 0.3 is 0 Å². The third kappa shape index (κ3) is 2.79. The molecule has 5 nitrogen and oxygen atoms in total. The SMILES string of the molecule is CN1CCOc2cc(-c3ncc4c(ccn4C)c3-c3ccc(C#N)c(F)c3)ccc21. The molecule has 0 unspecified atom stereocenters. The average Bonchev–Trinajstić information content (AvgIpc) is 3.14. The fourth-order valence-electron chi connectivity index (χ4n) is 4.01. The van der Waals surface area contributed by atoms with E-state index in [2.05, 4.69) is 4.90 Å². The molecule has 2 aromatic heterocycles. The fourth-order valence-corrected chi connectivity index (χ4v) is 4.01. The van der Waals surface area contributed by atoms with Crippen molar-refractivity contribution in [2.24, 2.45) is 7.05 Å². The van der Waals surface area contributed by atoms with E-state index in [9.17, 15) is 4.39 Å². The average molecular weight is 398 g/mol. The maximum atomic E-state index is 14.5. The number of fused-ring (bicyclic) bond motifs is 2. The van der Waals surface area contributed by atoms with Gasteiger partial charge in [-0.05, 0) is 35.9 Å². The number of likely N-dealkylation sites (N-methyl/N-ethyl adjacent to an activating group) is 1. The van der Waals surface area contributed by atoms with Gasteiger partial charge in [-0.25, -0.2) is 4.39 Å². The van der Waals surface area contributed by atoms with E-state index in [1.165, 1.54) is 12.1 Å². The molecule has 0 saturated heterocycles. The van der Waals surface area contributed by atoms with Gasteiger partial charge in [0.25, 0.3) is 0 Å². The van der Waals surface area contributed by atoms with Crippen LogP contribution in [0.4, 0.5) is 10.1 Å². The number of benzene rings is 2. The summed E-state index contributed by atoms with van der Waals surface area (Å²) in [6, 6.07) is 14.6. The Morgan fingerprint density at radius 1 is 1.10 bits per heavy atom. The molecule has 4 aromatic rings. The van der Waals surface area contributed by atoms with Crippen LogP contribution in [-0.4, -0.2) is 29.8 Å². The minimum Gasteiger partial charge on any atom is -0.490 e. The van der Waals surface area contributed by atoms with Gasteiger partial charge in [-0.15, -0.1) is 0 Å². The van der Waals surface area contributed by atoms with Gasteiger partial charge in [-0.2, -0.15) is 5.26 Å². The van der Waals surface area contributed by atoms with Crippen molar-refractivity contribution in [1.82, 2.24) is 9.55 Å². The van der Waals surface area contributed by atoms with Crippen LogP contribution in [0.1, 0.15) is 5.56 Å². The smallest absolute Gasteiger partial charge is 0.143 e. The standard InChI is InChI=1S/C24H19FN4O/c1-28-8-7-18-21(28)14-27-24(23(18)15-3-4-17(13-26)19(25)11-15)16-5-6-20-22(12-16)30-10-9-29(20)2/h3-8,11-12,14H,9-10H2,1-2H3. The molecule has 1 aliphatic rings. The molecule has 0 amide bonds. The summed E-state index contributed by atoms with van der Waals surface area (Å²) in [5, 5.41) is 10.1. The third-order valence-electron chi connectivity index (χ3n) is 5.65. The van der Waals surface area contributed by atoms with Gasteiger partial charge in [-0.1, -0.05) is 12.1 Å². The molecule has 148 valence electrons. The van der Waals surface area contributed by atoms with E-state index >= 15 is 0 Å². The first-order chi connectivity index (χ1) is 14.6. The highest BCUT2D eigenvalue weighted by atomic mass is 19.1. The number of hydrogen-bond donors (Lipinski definition) is 0. The van der Waals surface area contributed by atoms with Crippen LogP contribution in [0.2, 0.25) is 0 Å². The fraction of sp³-hybridized carbons (Fsp3) is 0.167. The van der Waals surface area contributed by atoms with Gasteiger partial charge in [0.2, 0.25) is 0 Å². The number of ether oxygens (including phenoxy) is 1. The first kappa shape index (κ1) is 18.2. The Morgan fingerprint density at radius 3 is 2.73 bits per heavy atom. The summed E-state index contributed by atoms with van der Waals surface area (Å²) in [6.45, 7) is 1.47. The molecule has 30 heavy (non-hydrogen) atoms. The van der Waals surface area contributed by atoms with E-state index < -0.39 is 5.82 Å². The molecule has 0 radical (unpaired) electrons. The number of pyridine rings is 1. The van der Waals surface area contributed by atoms with Gasteiger partial charge in [0, 0.05) is 36.8 Å². The first-order valence-electron chi connectivity index (χ1n) is 9.69. The molecule has 0 fully saturated rings. The zero-order chi connectivity index (χ0) is 20.8. The number of hydrogen-bond acceptors (Lipinski definition) is 4. The molecular formula is C24H19FN4O. The van der Waals surface area contributed by atoms with Crippen molar-refractivity contribution in [3.63, 3.8) is 0 Å². The highest BCUT2D eigenvalue weighted by Crippen LogP contribution is 2.40. The van der Waals surface area contributed by atoms with Crippen molar-refractivity contribution in [2.45, 2.75) is 0 Å². The van der Waals surface area contributed by atoms with E-state index in [-0.39, 0.29) is 5.56 Å². The third-order valence-corrected chi connectivity index (χ3v) is 5.65. The zero-order valence-electron chi connectivity index (χ0n) is 16.7. The van der Waals surface area contributed by atoms with Crippen LogP contribution in [0, 0.1) is 17.1 Å². The zero-order valence-corrected chi connectivity index (χ0v) is 16.7. The largest absolute Gasteiger partial charge is 0.490 e. The molecule has 1 aliphatic heterocycles. The number of anilines is 1. The molecule has 0 bridgehead atoms. The summed E-state index contributed by atoms with van der Waals surface area (Å²) in [5.74, 6) is 0.275. The lowest BCUT2D eigenvalue weighted by molar-refractivity contribution is 0.311. The Morgan fingerprint density at radius 2 is 1.93 bits per heavy atom.